The standard InChI is InChI=1S/C10H11ClN4S/c1-2-5-15-9(13-14-10(15)16)8-4-3-7(11)6-12-8/h3-4,6H,2,5H2,1H3,(H,14,16). The predicted octanol–water partition coefficient (Wildman–Crippen LogP) is 3.07. The van der Waals surface area contributed by atoms with Crippen molar-refractivity contribution in [2.75, 3.05) is 0 Å². The van der Waals surface area contributed by atoms with Gasteiger partial charge in [0, 0.05) is 12.7 Å². The second-order valence-electron chi connectivity index (χ2n) is 3.37. The van der Waals surface area contributed by atoms with Crippen LogP contribution in [0.1, 0.15) is 13.3 Å². The summed E-state index contributed by atoms with van der Waals surface area (Å²) in [6.07, 6.45) is 2.60. The molecular formula is C10H11ClN4S. The maximum atomic E-state index is 5.79. The van der Waals surface area contributed by atoms with Crippen LogP contribution in [0, 0.1) is 4.77 Å². The van der Waals surface area contributed by atoms with Crippen LogP contribution in [-0.4, -0.2) is 19.7 Å². The van der Waals surface area contributed by atoms with Crippen LogP contribution in [-0.2, 0) is 6.54 Å². The first-order valence-corrected chi connectivity index (χ1v) is 5.78. The van der Waals surface area contributed by atoms with Crippen LogP contribution in [0.2, 0.25) is 5.02 Å². The minimum absolute atomic E-state index is 0.611. The highest BCUT2D eigenvalue weighted by Crippen LogP contribution is 2.17. The molecule has 84 valence electrons. The van der Waals surface area contributed by atoms with Crippen LogP contribution >= 0.6 is 23.8 Å². The van der Waals surface area contributed by atoms with Gasteiger partial charge < -0.3 is 0 Å². The van der Waals surface area contributed by atoms with E-state index in [2.05, 4.69) is 22.1 Å². The third kappa shape index (κ3) is 2.15. The lowest BCUT2D eigenvalue weighted by Crippen LogP contribution is -2.00. The SMILES string of the molecule is CCCn1c(-c2ccc(Cl)cn2)n[nH]c1=S. The van der Waals surface area contributed by atoms with Gasteiger partial charge in [0.05, 0.1) is 5.02 Å². The number of H-pyrrole nitrogens is 1. The number of rotatable bonds is 3. The molecule has 2 rings (SSSR count). The van der Waals surface area contributed by atoms with E-state index in [0.29, 0.717) is 9.79 Å². The highest BCUT2D eigenvalue weighted by Gasteiger charge is 2.08. The Bertz CT molecular complexity index is 528. The van der Waals surface area contributed by atoms with E-state index < -0.39 is 0 Å². The van der Waals surface area contributed by atoms with Crippen molar-refractivity contribution in [1.29, 1.82) is 0 Å². The number of nitrogens with zero attached hydrogens (tertiary/aromatic N) is 3. The molecule has 0 aromatic carbocycles. The minimum atomic E-state index is 0.611. The topological polar surface area (TPSA) is 46.5 Å². The first-order chi connectivity index (χ1) is 7.72. The number of pyridine rings is 1. The third-order valence-electron chi connectivity index (χ3n) is 2.16. The molecule has 0 fully saturated rings. The Morgan fingerprint density at radius 3 is 2.94 bits per heavy atom. The smallest absolute Gasteiger partial charge is 0.195 e. The average molecular weight is 255 g/mol. The summed E-state index contributed by atoms with van der Waals surface area (Å²) < 4.78 is 2.56. The van der Waals surface area contributed by atoms with E-state index in [1.165, 1.54) is 0 Å². The molecule has 0 unspecified atom stereocenters. The molecule has 1 N–H and O–H groups in total. The van der Waals surface area contributed by atoms with Crippen LogP contribution in [0.15, 0.2) is 18.3 Å². The van der Waals surface area contributed by atoms with E-state index in [1.54, 1.807) is 12.3 Å². The fourth-order valence-electron chi connectivity index (χ4n) is 1.45. The summed E-state index contributed by atoms with van der Waals surface area (Å²) in [6.45, 7) is 2.92. The van der Waals surface area contributed by atoms with Crippen LogP contribution in [0.4, 0.5) is 0 Å². The average Bonchev–Trinajstić information content (AvgIpc) is 2.63. The third-order valence-corrected chi connectivity index (χ3v) is 2.70. The van der Waals surface area contributed by atoms with Gasteiger partial charge in [-0.3, -0.25) is 14.6 Å². The highest BCUT2D eigenvalue weighted by molar-refractivity contribution is 7.71. The van der Waals surface area contributed by atoms with Crippen molar-refractivity contribution in [2.45, 2.75) is 19.9 Å². The summed E-state index contributed by atoms with van der Waals surface area (Å²) in [5, 5.41) is 7.56. The van der Waals surface area contributed by atoms with E-state index in [1.807, 2.05) is 10.6 Å². The molecule has 0 bridgehead atoms. The Labute approximate surface area is 103 Å². The molecule has 2 aromatic heterocycles. The zero-order valence-corrected chi connectivity index (χ0v) is 10.3. The van der Waals surface area contributed by atoms with Gasteiger partial charge in [0.1, 0.15) is 5.69 Å². The molecule has 0 amide bonds. The van der Waals surface area contributed by atoms with Crippen LogP contribution in [0.25, 0.3) is 11.5 Å². The fourth-order valence-corrected chi connectivity index (χ4v) is 1.79. The molecule has 0 spiro atoms. The molecule has 0 saturated heterocycles. The largest absolute Gasteiger partial charge is 0.299 e. The Morgan fingerprint density at radius 2 is 2.31 bits per heavy atom. The molecule has 6 heteroatoms. The summed E-state index contributed by atoms with van der Waals surface area (Å²) in [6, 6.07) is 3.62. The molecule has 0 saturated carbocycles. The van der Waals surface area contributed by atoms with Gasteiger partial charge in [-0.1, -0.05) is 18.5 Å². The fraction of sp³-hybridized carbons (Fsp3) is 0.300. The Morgan fingerprint density at radius 1 is 1.50 bits per heavy atom. The van der Waals surface area contributed by atoms with Crippen molar-refractivity contribution in [3.8, 4) is 11.5 Å². The monoisotopic (exact) mass is 254 g/mol. The van der Waals surface area contributed by atoms with Gasteiger partial charge >= 0.3 is 0 Å². The normalized spacial score (nSPS) is 10.6. The Hall–Kier alpha value is -1.20. The summed E-state index contributed by atoms with van der Waals surface area (Å²) in [5.41, 5.74) is 0.769. The van der Waals surface area contributed by atoms with E-state index in [0.717, 1.165) is 24.5 Å². The molecule has 0 atom stereocenters. The molecule has 4 nitrogen and oxygen atoms in total. The summed E-state index contributed by atoms with van der Waals surface area (Å²) in [7, 11) is 0. The Kier molecular flexibility index (Phi) is 3.36. The van der Waals surface area contributed by atoms with Gasteiger partial charge in [0.2, 0.25) is 0 Å². The van der Waals surface area contributed by atoms with Gasteiger partial charge in [0.25, 0.3) is 0 Å². The van der Waals surface area contributed by atoms with E-state index >= 15 is 0 Å². The van der Waals surface area contributed by atoms with Crippen molar-refractivity contribution < 1.29 is 0 Å². The van der Waals surface area contributed by atoms with Crippen molar-refractivity contribution in [2.24, 2.45) is 0 Å². The molecule has 0 aliphatic carbocycles. The molecule has 0 radical (unpaired) electrons. The maximum Gasteiger partial charge on any atom is 0.195 e. The number of aromatic nitrogens is 4. The van der Waals surface area contributed by atoms with Gasteiger partial charge in [-0.25, -0.2) is 0 Å². The van der Waals surface area contributed by atoms with E-state index in [-0.39, 0.29) is 0 Å². The van der Waals surface area contributed by atoms with E-state index in [4.69, 9.17) is 23.8 Å². The number of halogens is 1. The lowest BCUT2D eigenvalue weighted by molar-refractivity contribution is 0.673. The molecule has 2 heterocycles. The lowest BCUT2D eigenvalue weighted by atomic mass is 10.3. The van der Waals surface area contributed by atoms with Gasteiger partial charge in [-0.05, 0) is 30.8 Å². The minimum Gasteiger partial charge on any atom is -0.299 e. The van der Waals surface area contributed by atoms with Crippen LogP contribution < -0.4 is 0 Å². The first-order valence-electron chi connectivity index (χ1n) is 4.99. The van der Waals surface area contributed by atoms with Crippen molar-refractivity contribution in [1.82, 2.24) is 19.7 Å². The Balaban J connectivity index is 2.47. The zero-order valence-electron chi connectivity index (χ0n) is 8.77. The number of hydrogen-bond donors (Lipinski definition) is 1. The number of nitrogens with one attached hydrogen (secondary N) is 1. The molecule has 0 aliphatic heterocycles. The highest BCUT2D eigenvalue weighted by atomic mass is 35.5. The summed E-state index contributed by atoms with van der Waals surface area (Å²) in [5.74, 6) is 0.753. The predicted molar refractivity (Wildman–Crippen MR) is 65.9 cm³/mol. The van der Waals surface area contributed by atoms with E-state index in [9.17, 15) is 0 Å². The molecule has 2 aromatic rings. The molecular weight excluding hydrogens is 244 g/mol. The second-order valence-corrected chi connectivity index (χ2v) is 4.19. The second kappa shape index (κ2) is 4.76. The van der Waals surface area contributed by atoms with Crippen molar-refractivity contribution in [3.05, 3.63) is 28.1 Å². The first kappa shape index (κ1) is 11.3. The summed E-state index contributed by atoms with van der Waals surface area (Å²) >= 11 is 10.9. The zero-order chi connectivity index (χ0) is 11.5. The van der Waals surface area contributed by atoms with Gasteiger partial charge in [-0.15, -0.1) is 0 Å². The van der Waals surface area contributed by atoms with Crippen LogP contribution in [0.5, 0.6) is 0 Å². The molecule has 16 heavy (non-hydrogen) atoms. The quantitative estimate of drug-likeness (QED) is 0.857. The molecule has 0 aliphatic rings. The van der Waals surface area contributed by atoms with Gasteiger partial charge in [0.15, 0.2) is 10.6 Å². The number of aromatic amines is 1. The van der Waals surface area contributed by atoms with Crippen LogP contribution in [0.3, 0.4) is 0 Å². The maximum absolute atomic E-state index is 5.79. The number of hydrogen-bond acceptors (Lipinski definition) is 3. The lowest BCUT2D eigenvalue weighted by Gasteiger charge is -2.03. The van der Waals surface area contributed by atoms with Crippen molar-refractivity contribution >= 4 is 23.8 Å². The van der Waals surface area contributed by atoms with Gasteiger partial charge in [-0.2, -0.15) is 5.10 Å². The summed E-state index contributed by atoms with van der Waals surface area (Å²) in [4.78, 5) is 4.22. The van der Waals surface area contributed by atoms with Crippen molar-refractivity contribution in [3.63, 3.8) is 0 Å².